The quantitative estimate of drug-likeness (QED) is 0.0581. The molecule has 3 saturated carbocycles. The second kappa shape index (κ2) is 18.1. The second-order valence-electron chi connectivity index (χ2n) is 17.6. The van der Waals surface area contributed by atoms with Gasteiger partial charge in [-0.3, -0.25) is 4.79 Å². The van der Waals surface area contributed by atoms with Gasteiger partial charge in [0, 0.05) is 12.8 Å². The predicted octanol–water partition coefficient (Wildman–Crippen LogP) is 13.4. The van der Waals surface area contributed by atoms with Gasteiger partial charge in [-0.2, -0.15) is 0 Å². The SMILES string of the molecule is CCCCCCCCCCCCCCC[13C](=O)O[C@H]1CC[C@@]2(C)C(=CC[C@H]3[C@@H]4CC[C@H]([C@H](C)CCCC(C)C)[C@@]4(C)CC[C@@H]32)[13CH2]1. The summed E-state index contributed by atoms with van der Waals surface area (Å²) < 4.78 is 6.12. The Morgan fingerprint density at radius 2 is 1.42 bits per heavy atom. The molecule has 2 heteroatoms. The molecule has 8 atom stereocenters. The van der Waals surface area contributed by atoms with E-state index in [1.807, 2.05) is 0 Å². The zero-order chi connectivity index (χ0) is 32.3. The van der Waals surface area contributed by atoms with E-state index in [4.69, 9.17) is 4.74 Å². The summed E-state index contributed by atoms with van der Waals surface area (Å²) in [5, 5.41) is 0. The predicted molar refractivity (Wildman–Crippen MR) is 193 cm³/mol. The van der Waals surface area contributed by atoms with Gasteiger partial charge in [0.1, 0.15) is 6.10 Å². The largest absolute Gasteiger partial charge is 0.462 e. The van der Waals surface area contributed by atoms with Crippen molar-refractivity contribution in [2.45, 2.75) is 208 Å². The summed E-state index contributed by atoms with van der Waals surface area (Å²) in [5.74, 6) is 5.34. The zero-order valence-corrected chi connectivity index (χ0v) is 31.1. The Bertz CT molecular complexity index is 904. The molecule has 45 heavy (non-hydrogen) atoms. The van der Waals surface area contributed by atoms with Crippen molar-refractivity contribution in [2.24, 2.45) is 46.3 Å². The van der Waals surface area contributed by atoms with Crippen molar-refractivity contribution in [2.75, 3.05) is 0 Å². The first-order valence-electron chi connectivity index (χ1n) is 20.6. The maximum atomic E-state index is 12.8. The molecular weight excluding hydrogens is 550 g/mol. The van der Waals surface area contributed by atoms with Gasteiger partial charge in [-0.25, -0.2) is 0 Å². The summed E-state index contributed by atoms with van der Waals surface area (Å²) in [6.07, 6.45) is 35.4. The van der Waals surface area contributed by atoms with Crippen molar-refractivity contribution in [3.05, 3.63) is 11.6 Å². The van der Waals surface area contributed by atoms with Gasteiger partial charge in [-0.05, 0) is 97.7 Å². The average Bonchev–Trinajstić information content (AvgIpc) is 3.37. The number of unbranched alkanes of at least 4 members (excludes halogenated alkanes) is 12. The summed E-state index contributed by atoms with van der Waals surface area (Å²) in [6, 6.07) is 0. The fraction of sp³-hybridized carbons (Fsp3) is 0.930. The Hall–Kier alpha value is -0.790. The average molecular weight is 627 g/mol. The molecule has 0 radical (unpaired) electrons. The highest BCUT2D eigenvalue weighted by Gasteiger charge is 2.59. The third-order valence-electron chi connectivity index (χ3n) is 14.0. The first-order valence-corrected chi connectivity index (χ1v) is 20.6. The summed E-state index contributed by atoms with van der Waals surface area (Å²) in [4.78, 5) is 12.8. The Kier molecular flexibility index (Phi) is 14.9. The van der Waals surface area contributed by atoms with Crippen molar-refractivity contribution in [1.82, 2.24) is 0 Å². The van der Waals surface area contributed by atoms with Crippen molar-refractivity contribution in [3.63, 3.8) is 0 Å². The lowest BCUT2D eigenvalue weighted by molar-refractivity contribution is -0.151. The van der Waals surface area contributed by atoms with Crippen LogP contribution in [0, 0.1) is 46.3 Å². The van der Waals surface area contributed by atoms with Crippen LogP contribution in [0.5, 0.6) is 0 Å². The highest BCUT2D eigenvalue weighted by atomic mass is 16.6. The number of carbonyl (C=O) groups is 1. The summed E-state index contributed by atoms with van der Waals surface area (Å²) >= 11 is 0. The molecule has 0 N–H and O–H groups in total. The Balaban J connectivity index is 1.14. The summed E-state index contributed by atoms with van der Waals surface area (Å²) in [7, 11) is 0. The number of hydrogen-bond donors (Lipinski definition) is 0. The number of allylic oxidation sites excluding steroid dienone is 1. The van der Waals surface area contributed by atoms with Crippen molar-refractivity contribution in [3.8, 4) is 0 Å². The van der Waals surface area contributed by atoms with Crippen molar-refractivity contribution in [1.29, 1.82) is 0 Å². The van der Waals surface area contributed by atoms with Gasteiger partial charge < -0.3 is 4.74 Å². The molecule has 0 aromatic heterocycles. The molecule has 0 aromatic rings. The fourth-order valence-corrected chi connectivity index (χ4v) is 11.3. The van der Waals surface area contributed by atoms with E-state index in [0.717, 1.165) is 54.8 Å². The van der Waals surface area contributed by atoms with E-state index in [1.54, 1.807) is 5.57 Å². The van der Waals surface area contributed by atoms with Crippen molar-refractivity contribution < 1.29 is 9.53 Å². The lowest BCUT2D eigenvalue weighted by Gasteiger charge is -2.58. The maximum Gasteiger partial charge on any atom is 0.306 e. The molecular formula is C43H76O2. The smallest absolute Gasteiger partial charge is 0.306 e. The molecule has 4 aliphatic rings. The molecule has 0 amide bonds. The number of hydrogen-bond acceptors (Lipinski definition) is 2. The molecule has 0 aromatic carbocycles. The monoisotopic (exact) mass is 627 g/mol. The number of ether oxygens (including phenoxy) is 1. The number of esters is 1. The fourth-order valence-electron chi connectivity index (χ4n) is 11.3. The molecule has 3 fully saturated rings. The molecule has 0 heterocycles. The van der Waals surface area contributed by atoms with E-state index in [-0.39, 0.29) is 12.1 Å². The van der Waals surface area contributed by atoms with Crippen LogP contribution in [0.2, 0.25) is 0 Å². The van der Waals surface area contributed by atoms with Crippen LogP contribution < -0.4 is 0 Å². The normalized spacial score (nSPS) is 33.3. The van der Waals surface area contributed by atoms with Crippen LogP contribution in [-0.4, -0.2) is 12.1 Å². The van der Waals surface area contributed by atoms with Gasteiger partial charge in [-0.15, -0.1) is 0 Å². The summed E-state index contributed by atoms with van der Waals surface area (Å²) in [5.41, 5.74) is 2.54. The van der Waals surface area contributed by atoms with Gasteiger partial charge in [-0.1, -0.05) is 150 Å². The first kappa shape index (κ1) is 37.0. The molecule has 0 unspecified atom stereocenters. The Labute approximate surface area is 281 Å². The first-order chi connectivity index (χ1) is 21.7. The van der Waals surface area contributed by atoms with Crippen LogP contribution >= 0.6 is 0 Å². The van der Waals surface area contributed by atoms with Crippen molar-refractivity contribution >= 4 is 5.97 Å². The van der Waals surface area contributed by atoms with Gasteiger partial charge in [0.15, 0.2) is 0 Å². The lowest BCUT2D eigenvalue weighted by atomic mass is 9.48. The van der Waals surface area contributed by atoms with E-state index in [1.165, 1.54) is 135 Å². The second-order valence-corrected chi connectivity index (χ2v) is 17.6. The molecule has 0 bridgehead atoms. The lowest BCUT2D eigenvalue weighted by Crippen LogP contribution is -2.51. The van der Waals surface area contributed by atoms with Gasteiger partial charge in [0.25, 0.3) is 0 Å². The highest BCUT2D eigenvalue weighted by molar-refractivity contribution is 5.69. The minimum absolute atomic E-state index is 0.0638. The van der Waals surface area contributed by atoms with E-state index < -0.39 is 0 Å². The molecule has 2 nitrogen and oxygen atoms in total. The van der Waals surface area contributed by atoms with Crippen LogP contribution in [0.4, 0.5) is 0 Å². The van der Waals surface area contributed by atoms with E-state index >= 15 is 0 Å². The van der Waals surface area contributed by atoms with Crippen LogP contribution in [0.1, 0.15) is 202 Å². The molecule has 4 rings (SSSR count). The van der Waals surface area contributed by atoms with Gasteiger partial charge >= 0.3 is 5.97 Å². The summed E-state index contributed by atoms with van der Waals surface area (Å²) in [6.45, 7) is 14.9. The van der Waals surface area contributed by atoms with Gasteiger partial charge in [0.05, 0.1) is 0 Å². The minimum atomic E-state index is 0.0638. The number of fused-ring (bicyclic) bond motifs is 5. The molecule has 0 saturated heterocycles. The third kappa shape index (κ3) is 9.87. The van der Waals surface area contributed by atoms with Crippen LogP contribution in [0.25, 0.3) is 0 Å². The van der Waals surface area contributed by atoms with E-state index in [2.05, 4.69) is 47.6 Å². The number of rotatable bonds is 20. The Morgan fingerprint density at radius 1 is 0.778 bits per heavy atom. The van der Waals surface area contributed by atoms with Crippen LogP contribution in [0.3, 0.4) is 0 Å². The number of carbonyl (C=O) groups excluding carboxylic acids is 1. The van der Waals surface area contributed by atoms with Gasteiger partial charge in [0.2, 0.25) is 0 Å². The van der Waals surface area contributed by atoms with E-state index in [0.29, 0.717) is 17.3 Å². The minimum Gasteiger partial charge on any atom is -0.462 e. The third-order valence-corrected chi connectivity index (χ3v) is 14.0. The topological polar surface area (TPSA) is 26.3 Å². The maximum absolute atomic E-state index is 12.8. The van der Waals surface area contributed by atoms with E-state index in [9.17, 15) is 4.79 Å². The molecule has 4 aliphatic carbocycles. The Morgan fingerprint density at radius 3 is 2.07 bits per heavy atom. The molecule has 0 aliphatic heterocycles. The zero-order valence-electron chi connectivity index (χ0n) is 31.1. The van der Waals surface area contributed by atoms with Crippen LogP contribution in [0.15, 0.2) is 11.6 Å². The van der Waals surface area contributed by atoms with Crippen LogP contribution in [-0.2, 0) is 9.53 Å². The molecule has 260 valence electrons. The highest BCUT2D eigenvalue weighted by Crippen LogP contribution is 2.67. The molecule has 0 spiro atoms. The standard InChI is InChI=1S/C43H76O2/c1-7-8-9-10-11-12-13-14-15-16-17-18-19-23-41(44)45-36-28-30-42(5)35(32-36)24-25-37-39-27-26-38(34(4)22-20-21-33(2)3)43(39,6)31-29-40(37)42/h24,33-34,36-40H,7-23,25-32H2,1-6H3/t34-,36+,37+,38-,39+,40+,42+,43-/m1/s1/i32+1,41+1.